The van der Waals surface area contributed by atoms with Crippen molar-refractivity contribution in [3.8, 4) is 0 Å². The first-order chi connectivity index (χ1) is 11.1. The number of benzene rings is 1. The van der Waals surface area contributed by atoms with Crippen molar-refractivity contribution in [2.75, 3.05) is 18.5 Å². The number of nitrogens with zero attached hydrogens (tertiary/aromatic N) is 1. The van der Waals surface area contributed by atoms with Gasteiger partial charge >= 0.3 is 18.0 Å². The molecule has 0 spiro atoms. The predicted molar refractivity (Wildman–Crippen MR) is 76.6 cm³/mol. The summed E-state index contributed by atoms with van der Waals surface area (Å²) in [5, 5.41) is 2.08. The van der Waals surface area contributed by atoms with E-state index in [-0.39, 0.29) is 31.0 Å². The number of hydrogen-bond donors (Lipinski definition) is 1. The monoisotopic (exact) mass is 348 g/mol. The largest absolute Gasteiger partial charge is 0.419 e. The van der Waals surface area contributed by atoms with Crippen LogP contribution in [0.3, 0.4) is 0 Å². The lowest BCUT2D eigenvalue weighted by molar-refractivity contribution is -0.152. The molecule has 1 aliphatic heterocycles. The molecular formula is C15H16F4N2O3. The Morgan fingerprint density at radius 1 is 1.29 bits per heavy atom. The van der Waals surface area contributed by atoms with Crippen LogP contribution in [-0.4, -0.2) is 42.0 Å². The molecule has 1 aromatic rings. The highest BCUT2D eigenvalue weighted by Crippen LogP contribution is 2.33. The molecular weight excluding hydrogens is 332 g/mol. The molecule has 1 heterocycles. The number of hydrogen-bond acceptors (Lipinski definition) is 3. The van der Waals surface area contributed by atoms with Crippen molar-refractivity contribution in [2.45, 2.75) is 32.2 Å². The lowest BCUT2D eigenvalue weighted by Crippen LogP contribution is -2.54. The zero-order valence-electron chi connectivity index (χ0n) is 13.0. The Kier molecular flexibility index (Phi) is 5.12. The van der Waals surface area contributed by atoms with Crippen LogP contribution in [-0.2, 0) is 20.5 Å². The minimum Gasteiger partial charge on any atom is -0.375 e. The van der Waals surface area contributed by atoms with Gasteiger partial charge in [0.1, 0.15) is 5.82 Å². The van der Waals surface area contributed by atoms with Crippen molar-refractivity contribution < 1.29 is 31.9 Å². The van der Waals surface area contributed by atoms with Gasteiger partial charge in [-0.2, -0.15) is 13.2 Å². The molecule has 0 unspecified atom stereocenters. The summed E-state index contributed by atoms with van der Waals surface area (Å²) in [6.45, 7) is 3.92. The zero-order valence-corrected chi connectivity index (χ0v) is 13.0. The number of morpholine rings is 1. The van der Waals surface area contributed by atoms with E-state index in [1.54, 1.807) is 13.8 Å². The summed E-state index contributed by atoms with van der Waals surface area (Å²) in [4.78, 5) is 25.5. The van der Waals surface area contributed by atoms with E-state index in [0.29, 0.717) is 12.1 Å². The van der Waals surface area contributed by atoms with Crippen LogP contribution >= 0.6 is 0 Å². The van der Waals surface area contributed by atoms with E-state index in [1.807, 2.05) is 0 Å². The number of carbonyl (C=O) groups is 2. The van der Waals surface area contributed by atoms with Crippen molar-refractivity contribution >= 4 is 17.5 Å². The Balaban J connectivity index is 2.13. The van der Waals surface area contributed by atoms with Crippen LogP contribution in [0, 0.1) is 5.82 Å². The fourth-order valence-electron chi connectivity index (χ4n) is 2.35. The molecule has 1 aliphatic rings. The molecule has 2 amide bonds. The molecule has 5 nitrogen and oxygen atoms in total. The second-order valence-electron chi connectivity index (χ2n) is 5.46. The predicted octanol–water partition coefficient (Wildman–Crippen LogP) is 2.42. The SMILES string of the molecule is C[C@@H]1OCCN(C(=O)C(=O)Nc2ccc(F)c(C(F)(F)F)c2)[C@@H]1C. The van der Waals surface area contributed by atoms with Crippen LogP contribution in [0.2, 0.25) is 0 Å². The summed E-state index contributed by atoms with van der Waals surface area (Å²) in [5.74, 6) is -3.42. The number of carbonyl (C=O) groups excluding carboxylic acids is 2. The molecule has 9 heteroatoms. The van der Waals surface area contributed by atoms with Gasteiger partial charge in [-0.05, 0) is 32.0 Å². The van der Waals surface area contributed by atoms with E-state index in [1.165, 1.54) is 4.90 Å². The minimum absolute atomic E-state index is 0.203. The van der Waals surface area contributed by atoms with Gasteiger partial charge in [0.15, 0.2) is 0 Å². The summed E-state index contributed by atoms with van der Waals surface area (Å²) in [5.41, 5.74) is -1.82. The fraction of sp³-hybridized carbons (Fsp3) is 0.467. The van der Waals surface area contributed by atoms with Crippen LogP contribution in [0.15, 0.2) is 18.2 Å². The molecule has 1 aromatic carbocycles. The summed E-state index contributed by atoms with van der Waals surface area (Å²) in [6.07, 6.45) is -5.17. The topological polar surface area (TPSA) is 58.6 Å². The average molecular weight is 348 g/mol. The Morgan fingerprint density at radius 3 is 2.58 bits per heavy atom. The smallest absolute Gasteiger partial charge is 0.375 e. The highest BCUT2D eigenvalue weighted by Gasteiger charge is 2.35. The second-order valence-corrected chi connectivity index (χ2v) is 5.46. The molecule has 1 N–H and O–H groups in total. The minimum atomic E-state index is -4.90. The summed E-state index contributed by atoms with van der Waals surface area (Å²) in [6, 6.07) is 1.64. The number of halogens is 4. The first kappa shape index (κ1) is 18.2. The Bertz CT molecular complexity index is 648. The lowest BCUT2D eigenvalue weighted by Gasteiger charge is -2.37. The maximum absolute atomic E-state index is 13.2. The van der Waals surface area contributed by atoms with Gasteiger partial charge in [-0.25, -0.2) is 4.39 Å². The van der Waals surface area contributed by atoms with Crippen LogP contribution in [0.4, 0.5) is 23.2 Å². The van der Waals surface area contributed by atoms with E-state index >= 15 is 0 Å². The number of anilines is 1. The Morgan fingerprint density at radius 2 is 1.96 bits per heavy atom. The first-order valence-corrected chi connectivity index (χ1v) is 7.21. The van der Waals surface area contributed by atoms with Crippen molar-refractivity contribution in [3.05, 3.63) is 29.6 Å². The molecule has 132 valence electrons. The van der Waals surface area contributed by atoms with Gasteiger partial charge < -0.3 is 15.0 Å². The Labute approximate surface area is 135 Å². The van der Waals surface area contributed by atoms with Crippen molar-refractivity contribution in [2.24, 2.45) is 0 Å². The van der Waals surface area contributed by atoms with Crippen molar-refractivity contribution in [3.63, 3.8) is 0 Å². The number of rotatable bonds is 1. The maximum Gasteiger partial charge on any atom is 0.419 e. The molecule has 1 saturated heterocycles. The lowest BCUT2D eigenvalue weighted by atomic mass is 10.1. The molecule has 0 bridgehead atoms. The normalized spacial score (nSPS) is 21.5. The van der Waals surface area contributed by atoms with Crippen LogP contribution < -0.4 is 5.32 Å². The molecule has 1 fully saturated rings. The summed E-state index contributed by atoms with van der Waals surface area (Å²) >= 11 is 0. The zero-order chi connectivity index (χ0) is 18.1. The van der Waals surface area contributed by atoms with Crippen molar-refractivity contribution in [1.29, 1.82) is 0 Å². The molecule has 0 saturated carbocycles. The average Bonchev–Trinajstić information content (AvgIpc) is 2.50. The van der Waals surface area contributed by atoms with E-state index < -0.39 is 29.4 Å². The molecule has 24 heavy (non-hydrogen) atoms. The van der Waals surface area contributed by atoms with Crippen LogP contribution in [0.25, 0.3) is 0 Å². The Hall–Kier alpha value is -2.16. The summed E-state index contributed by atoms with van der Waals surface area (Å²) < 4.78 is 56.6. The van der Waals surface area contributed by atoms with Gasteiger partial charge in [0, 0.05) is 12.2 Å². The van der Waals surface area contributed by atoms with Gasteiger partial charge in [0.05, 0.1) is 24.3 Å². The van der Waals surface area contributed by atoms with Gasteiger partial charge in [-0.3, -0.25) is 9.59 Å². The summed E-state index contributed by atoms with van der Waals surface area (Å²) in [7, 11) is 0. The van der Waals surface area contributed by atoms with Gasteiger partial charge in [0.2, 0.25) is 0 Å². The highest BCUT2D eigenvalue weighted by molar-refractivity contribution is 6.39. The van der Waals surface area contributed by atoms with E-state index in [4.69, 9.17) is 4.74 Å². The first-order valence-electron chi connectivity index (χ1n) is 7.21. The van der Waals surface area contributed by atoms with Gasteiger partial charge in [-0.15, -0.1) is 0 Å². The van der Waals surface area contributed by atoms with E-state index in [0.717, 1.165) is 6.07 Å². The number of nitrogens with one attached hydrogen (secondary N) is 1. The molecule has 0 radical (unpaired) electrons. The number of alkyl halides is 3. The fourth-order valence-corrected chi connectivity index (χ4v) is 2.35. The van der Waals surface area contributed by atoms with Gasteiger partial charge in [0.25, 0.3) is 0 Å². The van der Waals surface area contributed by atoms with Crippen molar-refractivity contribution in [1.82, 2.24) is 4.90 Å². The molecule has 0 aromatic heterocycles. The number of amides is 2. The molecule has 2 atom stereocenters. The maximum atomic E-state index is 13.2. The molecule has 0 aliphatic carbocycles. The van der Waals surface area contributed by atoms with Gasteiger partial charge in [-0.1, -0.05) is 0 Å². The van der Waals surface area contributed by atoms with E-state index in [2.05, 4.69) is 5.32 Å². The standard InChI is InChI=1S/C15H16F4N2O3/c1-8-9(2)24-6-5-21(8)14(23)13(22)20-10-3-4-12(16)11(7-10)15(17,18)19/h3-4,7-9H,5-6H2,1-2H3,(H,20,22)/t8-,9+/m1/s1. The third-order valence-electron chi connectivity index (χ3n) is 3.87. The second kappa shape index (κ2) is 6.76. The van der Waals surface area contributed by atoms with E-state index in [9.17, 15) is 27.2 Å². The third kappa shape index (κ3) is 3.84. The van der Waals surface area contributed by atoms with Crippen LogP contribution in [0.1, 0.15) is 19.4 Å². The quantitative estimate of drug-likeness (QED) is 0.626. The number of ether oxygens (including phenoxy) is 1. The molecule has 2 rings (SSSR count). The third-order valence-corrected chi connectivity index (χ3v) is 3.87. The highest BCUT2D eigenvalue weighted by atomic mass is 19.4. The van der Waals surface area contributed by atoms with Crippen LogP contribution in [0.5, 0.6) is 0 Å².